The number of anilines is 1. The number of nitrogen functional groups attached to an aromatic ring is 1. The van der Waals surface area contributed by atoms with Crippen LogP contribution in [0.3, 0.4) is 0 Å². The van der Waals surface area contributed by atoms with Crippen molar-refractivity contribution in [2.75, 3.05) is 32.0 Å². The highest BCUT2D eigenvalue weighted by atomic mass is 16.5. The third-order valence-electron chi connectivity index (χ3n) is 3.72. The normalized spacial score (nSPS) is 10.9. The fourth-order valence-electron chi connectivity index (χ4n) is 2.28. The predicted molar refractivity (Wildman–Crippen MR) is 92.6 cm³/mol. The molecule has 0 atom stereocenters. The van der Waals surface area contributed by atoms with E-state index in [0.29, 0.717) is 30.0 Å². The molecule has 0 saturated heterocycles. The maximum absolute atomic E-state index is 12.3. The van der Waals surface area contributed by atoms with Crippen LogP contribution < -0.4 is 10.5 Å². The average molecular weight is 306 g/mol. The molecule has 0 aliphatic heterocycles. The summed E-state index contributed by atoms with van der Waals surface area (Å²) >= 11 is 0. The van der Waals surface area contributed by atoms with Crippen LogP contribution in [0.1, 0.15) is 56.8 Å². The summed E-state index contributed by atoms with van der Waals surface area (Å²) < 4.78 is 5.54. The first-order valence-corrected chi connectivity index (χ1v) is 8.40. The summed E-state index contributed by atoms with van der Waals surface area (Å²) in [6, 6.07) is 5.34. The number of hydrogen-bond donors (Lipinski definition) is 1. The molecule has 0 aromatic heterocycles. The topological polar surface area (TPSA) is 55.6 Å². The summed E-state index contributed by atoms with van der Waals surface area (Å²) in [6.45, 7) is 9.86. The van der Waals surface area contributed by atoms with Crippen molar-refractivity contribution in [3.8, 4) is 5.75 Å². The summed E-state index contributed by atoms with van der Waals surface area (Å²) in [6.07, 6.45) is 3.83. The minimum Gasteiger partial charge on any atom is -0.491 e. The van der Waals surface area contributed by atoms with Crippen LogP contribution in [-0.2, 0) is 0 Å². The Balaban J connectivity index is 2.56. The van der Waals surface area contributed by atoms with Crippen molar-refractivity contribution < 1.29 is 9.53 Å². The molecular weight excluding hydrogens is 276 g/mol. The summed E-state index contributed by atoms with van der Waals surface area (Å²) in [5, 5.41) is 0. The number of unbranched alkanes of at least 4 members (excludes halogenated alkanes) is 1. The fourth-order valence-corrected chi connectivity index (χ4v) is 2.28. The minimum atomic E-state index is 0.142. The molecule has 0 fully saturated rings. The van der Waals surface area contributed by atoms with Crippen molar-refractivity contribution >= 4 is 11.5 Å². The van der Waals surface area contributed by atoms with E-state index in [-0.39, 0.29) is 5.78 Å². The maximum Gasteiger partial charge on any atom is 0.164 e. The number of carbonyl (C=O) groups is 1. The molecule has 2 N–H and O–H groups in total. The first-order valence-electron chi connectivity index (χ1n) is 8.40. The van der Waals surface area contributed by atoms with Gasteiger partial charge in [0, 0.05) is 18.5 Å². The van der Waals surface area contributed by atoms with Crippen LogP contribution in [0.2, 0.25) is 0 Å². The smallest absolute Gasteiger partial charge is 0.164 e. The van der Waals surface area contributed by atoms with Gasteiger partial charge >= 0.3 is 0 Å². The number of carbonyl (C=O) groups excluding carboxylic acids is 1. The zero-order valence-electron chi connectivity index (χ0n) is 14.2. The van der Waals surface area contributed by atoms with Crippen LogP contribution in [0, 0.1) is 0 Å². The lowest BCUT2D eigenvalue weighted by Gasteiger charge is -2.19. The summed E-state index contributed by atoms with van der Waals surface area (Å²) in [5.74, 6) is 0.806. The van der Waals surface area contributed by atoms with Gasteiger partial charge in [-0.2, -0.15) is 0 Å². The number of nitrogens with two attached hydrogens (primary N) is 1. The molecule has 0 saturated carbocycles. The molecule has 22 heavy (non-hydrogen) atoms. The van der Waals surface area contributed by atoms with Crippen LogP contribution in [0.25, 0.3) is 0 Å². The van der Waals surface area contributed by atoms with Crippen molar-refractivity contribution in [2.24, 2.45) is 0 Å². The Morgan fingerprint density at radius 2 is 1.95 bits per heavy atom. The average Bonchev–Trinajstić information content (AvgIpc) is 2.53. The summed E-state index contributed by atoms with van der Waals surface area (Å²) in [7, 11) is 0. The Labute approximate surface area is 134 Å². The molecule has 0 aliphatic carbocycles. The van der Waals surface area contributed by atoms with E-state index < -0.39 is 0 Å². The van der Waals surface area contributed by atoms with Crippen molar-refractivity contribution in [3.63, 3.8) is 0 Å². The van der Waals surface area contributed by atoms with Gasteiger partial charge in [0.2, 0.25) is 0 Å². The Kier molecular flexibility index (Phi) is 8.60. The summed E-state index contributed by atoms with van der Waals surface area (Å²) in [4.78, 5) is 14.6. The zero-order valence-corrected chi connectivity index (χ0v) is 14.2. The molecule has 4 heteroatoms. The zero-order chi connectivity index (χ0) is 16.4. The minimum absolute atomic E-state index is 0.142. The first-order chi connectivity index (χ1) is 10.6. The fraction of sp³-hybridized carbons (Fsp3) is 0.611. The van der Waals surface area contributed by atoms with Crippen LogP contribution in [0.4, 0.5) is 5.69 Å². The second-order valence-corrected chi connectivity index (χ2v) is 5.56. The third kappa shape index (κ3) is 6.06. The Morgan fingerprint density at radius 1 is 1.18 bits per heavy atom. The van der Waals surface area contributed by atoms with Gasteiger partial charge in [0.05, 0.1) is 12.3 Å². The highest BCUT2D eigenvalue weighted by Gasteiger charge is 2.11. The van der Waals surface area contributed by atoms with Gasteiger partial charge < -0.3 is 15.4 Å². The highest BCUT2D eigenvalue weighted by molar-refractivity contribution is 5.97. The van der Waals surface area contributed by atoms with E-state index in [2.05, 4.69) is 18.7 Å². The van der Waals surface area contributed by atoms with Crippen LogP contribution >= 0.6 is 0 Å². The number of nitrogens with zero attached hydrogens (tertiary/aromatic N) is 1. The Hall–Kier alpha value is -1.55. The SMILES string of the molecule is CCCCN(CC)CCC(=O)c1ccc(OCCC)c(N)c1. The lowest BCUT2D eigenvalue weighted by molar-refractivity contribution is 0.0965. The molecule has 0 amide bonds. The first kappa shape index (κ1) is 18.5. The third-order valence-corrected chi connectivity index (χ3v) is 3.72. The second kappa shape index (κ2) is 10.2. The van der Waals surface area contributed by atoms with E-state index in [1.807, 2.05) is 13.0 Å². The van der Waals surface area contributed by atoms with Crippen LogP contribution in [0.5, 0.6) is 5.75 Å². The Bertz CT molecular complexity index is 460. The predicted octanol–water partition coefficient (Wildman–Crippen LogP) is 3.75. The van der Waals surface area contributed by atoms with Gasteiger partial charge in [0.15, 0.2) is 5.78 Å². The van der Waals surface area contributed by atoms with Crippen LogP contribution in [0.15, 0.2) is 18.2 Å². The van der Waals surface area contributed by atoms with Gasteiger partial charge in [-0.05, 0) is 44.1 Å². The van der Waals surface area contributed by atoms with E-state index in [0.717, 1.165) is 26.1 Å². The summed E-state index contributed by atoms with van der Waals surface area (Å²) in [5.41, 5.74) is 7.17. The lowest BCUT2D eigenvalue weighted by Crippen LogP contribution is -2.27. The van der Waals surface area contributed by atoms with Gasteiger partial charge in [0.25, 0.3) is 0 Å². The lowest BCUT2D eigenvalue weighted by atomic mass is 10.1. The molecule has 4 nitrogen and oxygen atoms in total. The second-order valence-electron chi connectivity index (χ2n) is 5.56. The molecular formula is C18H30N2O2. The molecule has 1 aromatic carbocycles. The number of benzene rings is 1. The molecule has 0 spiro atoms. The molecule has 0 unspecified atom stereocenters. The van der Waals surface area contributed by atoms with Crippen LogP contribution in [-0.4, -0.2) is 36.9 Å². The maximum atomic E-state index is 12.3. The van der Waals surface area contributed by atoms with Gasteiger partial charge in [-0.1, -0.05) is 27.2 Å². The van der Waals surface area contributed by atoms with E-state index in [9.17, 15) is 4.79 Å². The van der Waals surface area contributed by atoms with Crippen molar-refractivity contribution in [2.45, 2.75) is 46.5 Å². The molecule has 0 radical (unpaired) electrons. The largest absolute Gasteiger partial charge is 0.491 e. The van der Waals surface area contributed by atoms with E-state index in [1.54, 1.807) is 12.1 Å². The van der Waals surface area contributed by atoms with E-state index in [1.165, 1.54) is 12.8 Å². The monoisotopic (exact) mass is 306 g/mol. The highest BCUT2D eigenvalue weighted by Crippen LogP contribution is 2.23. The molecule has 0 heterocycles. The van der Waals surface area contributed by atoms with E-state index in [4.69, 9.17) is 10.5 Å². The van der Waals surface area contributed by atoms with Gasteiger partial charge in [-0.25, -0.2) is 0 Å². The number of hydrogen-bond acceptors (Lipinski definition) is 4. The van der Waals surface area contributed by atoms with Gasteiger partial charge in [-0.3, -0.25) is 4.79 Å². The molecule has 1 aromatic rings. The van der Waals surface area contributed by atoms with Crippen molar-refractivity contribution in [3.05, 3.63) is 23.8 Å². The number of Topliss-reactive ketones (excluding diaryl/α,β-unsaturated/α-hetero) is 1. The number of rotatable bonds is 11. The Morgan fingerprint density at radius 3 is 2.55 bits per heavy atom. The number of ether oxygens (including phenoxy) is 1. The van der Waals surface area contributed by atoms with Gasteiger partial charge in [0.1, 0.15) is 5.75 Å². The van der Waals surface area contributed by atoms with E-state index >= 15 is 0 Å². The van der Waals surface area contributed by atoms with Crippen molar-refractivity contribution in [1.82, 2.24) is 4.90 Å². The molecule has 0 aliphatic rings. The van der Waals surface area contributed by atoms with Crippen molar-refractivity contribution in [1.29, 1.82) is 0 Å². The molecule has 1 rings (SSSR count). The van der Waals surface area contributed by atoms with Gasteiger partial charge in [-0.15, -0.1) is 0 Å². The standard InChI is InChI=1S/C18H30N2O2/c1-4-7-11-20(6-3)12-10-17(21)15-8-9-18(16(19)14-15)22-13-5-2/h8-9,14H,4-7,10-13,19H2,1-3H3. The molecule has 124 valence electrons. The molecule has 0 bridgehead atoms. The quantitative estimate of drug-likeness (QED) is 0.499. The number of ketones is 1.